The summed E-state index contributed by atoms with van der Waals surface area (Å²) in [6.07, 6.45) is 6.26. The zero-order valence-corrected chi connectivity index (χ0v) is 13.7. The Bertz CT molecular complexity index is 400. The lowest BCUT2D eigenvalue weighted by Crippen LogP contribution is -2.46. The van der Waals surface area contributed by atoms with Crippen molar-refractivity contribution in [3.8, 4) is 0 Å². The molecule has 2 rings (SSSR count). The van der Waals surface area contributed by atoms with Gasteiger partial charge in [-0.3, -0.25) is 14.7 Å². The number of halogens is 1. The molecule has 1 aliphatic heterocycles. The Morgan fingerprint density at radius 2 is 2.15 bits per heavy atom. The van der Waals surface area contributed by atoms with E-state index in [1.54, 1.807) is 7.05 Å². The van der Waals surface area contributed by atoms with Crippen LogP contribution in [-0.2, 0) is 4.79 Å². The van der Waals surface area contributed by atoms with Gasteiger partial charge in [0.1, 0.15) is 0 Å². The van der Waals surface area contributed by atoms with Gasteiger partial charge in [-0.25, -0.2) is 4.79 Å². The van der Waals surface area contributed by atoms with E-state index in [0.717, 1.165) is 12.8 Å². The number of guanidine groups is 1. The largest absolute Gasteiger partial charge is 0.355 e. The van der Waals surface area contributed by atoms with Crippen molar-refractivity contribution in [1.82, 2.24) is 20.9 Å². The summed E-state index contributed by atoms with van der Waals surface area (Å²) in [5.74, 6) is 0.510. The van der Waals surface area contributed by atoms with E-state index in [1.165, 1.54) is 4.90 Å². The minimum atomic E-state index is -0.324. The van der Waals surface area contributed by atoms with Crippen LogP contribution < -0.4 is 16.0 Å². The predicted octanol–water partition coefficient (Wildman–Crippen LogP) is 0.0398. The standard InChI is InChI=1S/C12H19N5O2.HI/c1-13-11(16-9-4-2-3-5-9)14-6-7-17-10(18)8-15-12(17)19;/h2-3,9H,4-8H2,1H3,(H,15,19)(H2,13,14,16);1H. The third-order valence-electron chi connectivity index (χ3n) is 3.14. The van der Waals surface area contributed by atoms with Crippen LogP contribution in [0.2, 0.25) is 0 Å². The van der Waals surface area contributed by atoms with Crippen molar-refractivity contribution in [3.63, 3.8) is 0 Å². The van der Waals surface area contributed by atoms with Crippen molar-refractivity contribution in [2.75, 3.05) is 26.7 Å². The van der Waals surface area contributed by atoms with Crippen molar-refractivity contribution in [2.45, 2.75) is 18.9 Å². The summed E-state index contributed by atoms with van der Waals surface area (Å²) in [7, 11) is 1.70. The molecule has 1 fully saturated rings. The van der Waals surface area contributed by atoms with Gasteiger partial charge in [0.05, 0.1) is 6.54 Å². The Balaban J connectivity index is 0.00000200. The van der Waals surface area contributed by atoms with E-state index in [2.05, 4.69) is 33.1 Å². The first kappa shape index (κ1) is 16.7. The number of carbonyl (C=O) groups excluding carboxylic acids is 2. The van der Waals surface area contributed by atoms with Crippen molar-refractivity contribution in [3.05, 3.63) is 12.2 Å². The Morgan fingerprint density at radius 3 is 2.70 bits per heavy atom. The van der Waals surface area contributed by atoms with Crippen molar-refractivity contribution in [2.24, 2.45) is 4.99 Å². The lowest BCUT2D eigenvalue weighted by Gasteiger charge is -2.18. The van der Waals surface area contributed by atoms with Crippen molar-refractivity contribution < 1.29 is 9.59 Å². The monoisotopic (exact) mass is 393 g/mol. The maximum atomic E-state index is 11.4. The number of imide groups is 1. The number of rotatable bonds is 4. The molecular formula is C12H20IN5O2. The zero-order valence-electron chi connectivity index (χ0n) is 11.4. The molecule has 0 aromatic rings. The highest BCUT2D eigenvalue weighted by Gasteiger charge is 2.27. The van der Waals surface area contributed by atoms with Crippen LogP contribution in [0, 0.1) is 0 Å². The highest BCUT2D eigenvalue weighted by molar-refractivity contribution is 14.0. The first-order valence-electron chi connectivity index (χ1n) is 6.41. The van der Waals surface area contributed by atoms with Gasteiger partial charge < -0.3 is 16.0 Å². The summed E-state index contributed by atoms with van der Waals surface area (Å²) in [6.45, 7) is 0.923. The summed E-state index contributed by atoms with van der Waals surface area (Å²) < 4.78 is 0. The highest BCUT2D eigenvalue weighted by atomic mass is 127. The lowest BCUT2D eigenvalue weighted by atomic mass is 10.2. The lowest BCUT2D eigenvalue weighted by molar-refractivity contribution is -0.124. The van der Waals surface area contributed by atoms with Crippen LogP contribution in [0.5, 0.6) is 0 Å². The molecule has 0 atom stereocenters. The molecule has 0 aromatic heterocycles. The SMILES string of the molecule is CN=C(NCCN1C(=O)CNC1=O)NC1CC=CC1.I. The van der Waals surface area contributed by atoms with Gasteiger partial charge in [-0.15, -0.1) is 24.0 Å². The molecule has 20 heavy (non-hydrogen) atoms. The Hall–Kier alpha value is -1.32. The van der Waals surface area contributed by atoms with Gasteiger partial charge in [0.25, 0.3) is 0 Å². The summed E-state index contributed by atoms with van der Waals surface area (Å²) in [5.41, 5.74) is 0. The second-order valence-corrected chi connectivity index (χ2v) is 4.49. The van der Waals surface area contributed by atoms with E-state index < -0.39 is 0 Å². The molecule has 1 aliphatic carbocycles. The number of urea groups is 1. The van der Waals surface area contributed by atoms with E-state index in [4.69, 9.17) is 0 Å². The third kappa shape index (κ3) is 4.36. The van der Waals surface area contributed by atoms with Crippen LogP contribution in [-0.4, -0.2) is 55.5 Å². The van der Waals surface area contributed by atoms with E-state index in [1.807, 2.05) is 0 Å². The topological polar surface area (TPSA) is 85.8 Å². The average Bonchev–Trinajstić information content (AvgIpc) is 3.01. The Labute approximate surface area is 135 Å². The van der Waals surface area contributed by atoms with Gasteiger partial charge in [-0.05, 0) is 12.8 Å². The van der Waals surface area contributed by atoms with Gasteiger partial charge in [0.15, 0.2) is 5.96 Å². The number of nitrogens with one attached hydrogen (secondary N) is 3. The molecule has 1 heterocycles. The fraction of sp³-hybridized carbons (Fsp3) is 0.583. The Morgan fingerprint density at radius 1 is 1.45 bits per heavy atom. The Kier molecular flexibility index (Phi) is 6.76. The number of aliphatic imine (C=N–C) groups is 1. The molecule has 2 aliphatic rings. The first-order valence-corrected chi connectivity index (χ1v) is 6.41. The molecule has 0 bridgehead atoms. The quantitative estimate of drug-likeness (QED) is 0.207. The average molecular weight is 393 g/mol. The van der Waals surface area contributed by atoms with Crippen molar-refractivity contribution in [1.29, 1.82) is 0 Å². The number of hydrogen-bond acceptors (Lipinski definition) is 3. The zero-order chi connectivity index (χ0) is 13.7. The second-order valence-electron chi connectivity index (χ2n) is 4.49. The van der Waals surface area contributed by atoms with Crippen LogP contribution in [0.15, 0.2) is 17.1 Å². The fourth-order valence-electron chi connectivity index (χ4n) is 2.09. The number of carbonyl (C=O) groups is 2. The minimum Gasteiger partial charge on any atom is -0.355 e. The molecule has 7 nitrogen and oxygen atoms in total. The summed E-state index contributed by atoms with van der Waals surface area (Å²) in [5, 5.41) is 8.87. The van der Waals surface area contributed by atoms with E-state index in [9.17, 15) is 9.59 Å². The smallest absolute Gasteiger partial charge is 0.324 e. The van der Waals surface area contributed by atoms with Crippen LogP contribution in [0.1, 0.15) is 12.8 Å². The summed E-state index contributed by atoms with van der Waals surface area (Å²) in [4.78, 5) is 28.0. The molecule has 0 radical (unpaired) electrons. The number of amides is 3. The summed E-state index contributed by atoms with van der Waals surface area (Å²) in [6, 6.07) is 0.0534. The van der Waals surface area contributed by atoms with Gasteiger partial charge in [-0.1, -0.05) is 12.2 Å². The number of nitrogens with zero attached hydrogens (tertiary/aromatic N) is 2. The summed E-state index contributed by atoms with van der Waals surface area (Å²) >= 11 is 0. The molecule has 3 N–H and O–H groups in total. The van der Waals surface area contributed by atoms with Crippen LogP contribution in [0.25, 0.3) is 0 Å². The molecule has 1 saturated heterocycles. The van der Waals surface area contributed by atoms with E-state index in [-0.39, 0.29) is 42.5 Å². The third-order valence-corrected chi connectivity index (χ3v) is 3.14. The minimum absolute atomic E-state index is 0. The molecular weight excluding hydrogens is 373 g/mol. The maximum Gasteiger partial charge on any atom is 0.324 e. The molecule has 0 unspecified atom stereocenters. The van der Waals surface area contributed by atoms with Crippen LogP contribution in [0.3, 0.4) is 0 Å². The molecule has 112 valence electrons. The fourth-order valence-corrected chi connectivity index (χ4v) is 2.09. The van der Waals surface area contributed by atoms with Crippen molar-refractivity contribution >= 4 is 41.9 Å². The molecule has 0 spiro atoms. The molecule has 0 aromatic carbocycles. The van der Waals surface area contributed by atoms with Gasteiger partial charge in [0.2, 0.25) is 5.91 Å². The van der Waals surface area contributed by atoms with Gasteiger partial charge in [-0.2, -0.15) is 0 Å². The van der Waals surface area contributed by atoms with E-state index in [0.29, 0.717) is 25.1 Å². The normalized spacial score (nSPS) is 19.1. The number of hydrogen-bond donors (Lipinski definition) is 3. The highest BCUT2D eigenvalue weighted by Crippen LogP contribution is 2.08. The van der Waals surface area contributed by atoms with Crippen LogP contribution in [0.4, 0.5) is 4.79 Å². The second kappa shape index (κ2) is 8.08. The van der Waals surface area contributed by atoms with Gasteiger partial charge >= 0.3 is 6.03 Å². The molecule has 3 amide bonds. The predicted molar refractivity (Wildman–Crippen MR) is 87.2 cm³/mol. The first-order chi connectivity index (χ1) is 9.20. The molecule has 8 heteroatoms. The van der Waals surface area contributed by atoms with Gasteiger partial charge in [0, 0.05) is 26.2 Å². The van der Waals surface area contributed by atoms with E-state index >= 15 is 0 Å². The molecule has 0 saturated carbocycles. The van der Waals surface area contributed by atoms with Crippen LogP contribution >= 0.6 is 24.0 Å². The maximum absolute atomic E-state index is 11.4.